The van der Waals surface area contributed by atoms with Gasteiger partial charge in [0, 0.05) is 24.0 Å². The Morgan fingerprint density at radius 2 is 2.27 bits per heavy atom. The van der Waals surface area contributed by atoms with Gasteiger partial charge in [-0.3, -0.25) is 4.98 Å². The van der Waals surface area contributed by atoms with Gasteiger partial charge >= 0.3 is 0 Å². The average Bonchev–Trinajstić information content (AvgIpc) is 2.96. The number of nitrogens with zero attached hydrogens (tertiary/aromatic N) is 3. The van der Waals surface area contributed by atoms with Crippen LogP contribution < -0.4 is 5.32 Å². The van der Waals surface area contributed by atoms with Gasteiger partial charge in [0.05, 0.1) is 0 Å². The minimum Gasteiger partial charge on any atom is -0.357 e. The summed E-state index contributed by atoms with van der Waals surface area (Å²) >= 11 is 1.58. The maximum Gasteiger partial charge on any atom is 0.206 e. The van der Waals surface area contributed by atoms with Crippen LogP contribution in [-0.2, 0) is 0 Å². The van der Waals surface area contributed by atoms with Crippen molar-refractivity contribution in [1.82, 2.24) is 15.2 Å². The van der Waals surface area contributed by atoms with Crippen LogP contribution in [0.15, 0.2) is 24.5 Å². The molecule has 0 atom stereocenters. The summed E-state index contributed by atoms with van der Waals surface area (Å²) in [5.41, 5.74) is 1.03. The maximum absolute atomic E-state index is 4.13. The fraction of sp³-hybridized carbons (Fsp3) is 0.300. The topological polar surface area (TPSA) is 50.7 Å². The third-order valence-corrected chi connectivity index (χ3v) is 3.14. The molecule has 1 aliphatic rings. The molecule has 0 aliphatic heterocycles. The van der Waals surface area contributed by atoms with Gasteiger partial charge in [0.25, 0.3) is 0 Å². The fourth-order valence-electron chi connectivity index (χ4n) is 1.29. The molecule has 2 aromatic rings. The van der Waals surface area contributed by atoms with Gasteiger partial charge in [0.2, 0.25) is 5.13 Å². The van der Waals surface area contributed by atoms with Crippen molar-refractivity contribution in [3.05, 3.63) is 24.5 Å². The molecular formula is C10H10N4S. The summed E-state index contributed by atoms with van der Waals surface area (Å²) < 4.78 is 0. The summed E-state index contributed by atoms with van der Waals surface area (Å²) in [5, 5.41) is 13.4. The van der Waals surface area contributed by atoms with Gasteiger partial charge in [-0.15, -0.1) is 10.2 Å². The van der Waals surface area contributed by atoms with Crippen molar-refractivity contribution in [1.29, 1.82) is 0 Å². The van der Waals surface area contributed by atoms with Gasteiger partial charge in [-0.2, -0.15) is 0 Å². The Hall–Kier alpha value is -1.49. The van der Waals surface area contributed by atoms with E-state index in [0.29, 0.717) is 6.04 Å². The molecule has 1 aliphatic carbocycles. The molecule has 1 N–H and O–H groups in total. The van der Waals surface area contributed by atoms with Crippen molar-refractivity contribution >= 4 is 16.5 Å². The van der Waals surface area contributed by atoms with Crippen LogP contribution in [0.2, 0.25) is 0 Å². The highest BCUT2D eigenvalue weighted by atomic mass is 32.1. The van der Waals surface area contributed by atoms with Crippen LogP contribution in [0, 0.1) is 0 Å². The Balaban J connectivity index is 1.83. The molecule has 4 nitrogen and oxygen atoms in total. The lowest BCUT2D eigenvalue weighted by molar-refractivity contribution is 1.05. The molecule has 0 unspecified atom stereocenters. The van der Waals surface area contributed by atoms with Crippen LogP contribution >= 0.6 is 11.3 Å². The van der Waals surface area contributed by atoms with Crippen molar-refractivity contribution in [2.75, 3.05) is 5.32 Å². The Labute approximate surface area is 91.4 Å². The molecule has 0 aromatic carbocycles. The number of rotatable bonds is 3. The molecule has 15 heavy (non-hydrogen) atoms. The summed E-state index contributed by atoms with van der Waals surface area (Å²) in [7, 11) is 0. The number of anilines is 1. The largest absolute Gasteiger partial charge is 0.357 e. The van der Waals surface area contributed by atoms with Crippen molar-refractivity contribution in [2.24, 2.45) is 0 Å². The second-order valence-electron chi connectivity index (χ2n) is 3.57. The van der Waals surface area contributed by atoms with E-state index >= 15 is 0 Å². The number of hydrogen-bond donors (Lipinski definition) is 1. The Morgan fingerprint density at radius 3 is 3.00 bits per heavy atom. The normalized spacial score (nSPS) is 15.2. The van der Waals surface area contributed by atoms with E-state index in [-0.39, 0.29) is 0 Å². The molecule has 5 heteroatoms. The quantitative estimate of drug-likeness (QED) is 0.857. The van der Waals surface area contributed by atoms with Gasteiger partial charge in [-0.25, -0.2) is 0 Å². The predicted octanol–water partition coefficient (Wildman–Crippen LogP) is 2.17. The van der Waals surface area contributed by atoms with Gasteiger partial charge in [0.1, 0.15) is 0 Å². The highest BCUT2D eigenvalue weighted by Gasteiger charge is 2.22. The van der Waals surface area contributed by atoms with Crippen molar-refractivity contribution < 1.29 is 0 Å². The van der Waals surface area contributed by atoms with Crippen molar-refractivity contribution in [2.45, 2.75) is 18.9 Å². The minimum absolute atomic E-state index is 0.625. The van der Waals surface area contributed by atoms with E-state index in [4.69, 9.17) is 0 Å². The fourth-order valence-corrected chi connectivity index (χ4v) is 2.10. The first-order chi connectivity index (χ1) is 7.42. The molecule has 2 heterocycles. The van der Waals surface area contributed by atoms with E-state index < -0.39 is 0 Å². The van der Waals surface area contributed by atoms with E-state index in [9.17, 15) is 0 Å². The van der Waals surface area contributed by atoms with Crippen LogP contribution in [0.4, 0.5) is 5.13 Å². The lowest BCUT2D eigenvalue weighted by Crippen LogP contribution is -1.99. The smallest absolute Gasteiger partial charge is 0.206 e. The Bertz CT molecular complexity index is 449. The third kappa shape index (κ3) is 1.97. The highest BCUT2D eigenvalue weighted by molar-refractivity contribution is 7.18. The first kappa shape index (κ1) is 8.79. The summed E-state index contributed by atoms with van der Waals surface area (Å²) in [5.74, 6) is 0. The lowest BCUT2D eigenvalue weighted by Gasteiger charge is -1.94. The zero-order valence-electron chi connectivity index (χ0n) is 8.05. The molecule has 0 saturated heterocycles. The van der Waals surface area contributed by atoms with E-state index in [0.717, 1.165) is 15.7 Å². The summed E-state index contributed by atoms with van der Waals surface area (Å²) in [6, 6.07) is 4.53. The van der Waals surface area contributed by atoms with E-state index in [1.54, 1.807) is 23.7 Å². The van der Waals surface area contributed by atoms with Gasteiger partial charge in [-0.1, -0.05) is 11.3 Å². The molecule has 3 rings (SSSR count). The van der Waals surface area contributed by atoms with E-state index in [2.05, 4.69) is 20.5 Å². The van der Waals surface area contributed by atoms with Gasteiger partial charge < -0.3 is 5.32 Å². The van der Waals surface area contributed by atoms with Crippen LogP contribution in [0.5, 0.6) is 0 Å². The van der Waals surface area contributed by atoms with E-state index in [1.807, 2.05) is 12.1 Å². The molecule has 0 amide bonds. The Morgan fingerprint density at radius 1 is 1.33 bits per heavy atom. The van der Waals surface area contributed by atoms with Gasteiger partial charge in [-0.05, 0) is 25.0 Å². The molecule has 1 fully saturated rings. The molecule has 0 spiro atoms. The molecule has 0 radical (unpaired) electrons. The van der Waals surface area contributed by atoms with E-state index in [1.165, 1.54) is 12.8 Å². The second-order valence-corrected chi connectivity index (χ2v) is 4.55. The maximum atomic E-state index is 4.13. The van der Waals surface area contributed by atoms with Crippen LogP contribution in [-0.4, -0.2) is 21.2 Å². The van der Waals surface area contributed by atoms with Gasteiger partial charge in [0.15, 0.2) is 5.01 Å². The van der Waals surface area contributed by atoms with Crippen molar-refractivity contribution in [3.63, 3.8) is 0 Å². The lowest BCUT2D eigenvalue weighted by atomic mass is 10.3. The number of nitrogens with one attached hydrogen (secondary N) is 1. The molecular weight excluding hydrogens is 208 g/mol. The zero-order valence-corrected chi connectivity index (χ0v) is 8.87. The molecule has 1 saturated carbocycles. The highest BCUT2D eigenvalue weighted by Crippen LogP contribution is 2.29. The number of aromatic nitrogens is 3. The summed E-state index contributed by atoms with van der Waals surface area (Å²) in [4.78, 5) is 4.06. The van der Waals surface area contributed by atoms with Crippen molar-refractivity contribution in [3.8, 4) is 10.6 Å². The second kappa shape index (κ2) is 3.58. The predicted molar refractivity (Wildman–Crippen MR) is 59.8 cm³/mol. The SMILES string of the molecule is c1cncc(-c2nnc(NC3CC3)s2)c1. The zero-order chi connectivity index (χ0) is 10.1. The number of pyridine rings is 1. The first-order valence-electron chi connectivity index (χ1n) is 4.92. The standard InChI is InChI=1S/C10H10N4S/c1-2-7(6-11-5-1)9-13-14-10(15-9)12-8-3-4-8/h1-2,5-6,8H,3-4H2,(H,12,14). The molecule has 76 valence electrons. The summed E-state index contributed by atoms with van der Waals surface area (Å²) in [6.07, 6.45) is 6.07. The van der Waals surface area contributed by atoms with Crippen LogP contribution in [0.25, 0.3) is 10.6 Å². The molecule has 0 bridgehead atoms. The van der Waals surface area contributed by atoms with Crippen LogP contribution in [0.3, 0.4) is 0 Å². The average molecular weight is 218 g/mol. The first-order valence-corrected chi connectivity index (χ1v) is 5.74. The Kier molecular flexibility index (Phi) is 2.10. The third-order valence-electron chi connectivity index (χ3n) is 2.24. The molecule has 2 aromatic heterocycles. The van der Waals surface area contributed by atoms with Crippen LogP contribution in [0.1, 0.15) is 12.8 Å². The monoisotopic (exact) mass is 218 g/mol. The minimum atomic E-state index is 0.625. The number of hydrogen-bond acceptors (Lipinski definition) is 5. The summed E-state index contributed by atoms with van der Waals surface area (Å²) in [6.45, 7) is 0.